The Morgan fingerprint density at radius 2 is 2.19 bits per heavy atom. The smallest absolute Gasteiger partial charge is 0.249 e. The zero-order chi connectivity index (χ0) is 19.4. The maximum absolute atomic E-state index is 12.4. The number of benzene rings is 1. The quantitative estimate of drug-likeness (QED) is 0.778. The number of nitrogens with zero attached hydrogens (tertiary/aromatic N) is 1. The summed E-state index contributed by atoms with van der Waals surface area (Å²) in [6.07, 6.45) is 6.11. The Morgan fingerprint density at radius 1 is 1.37 bits per heavy atom. The first-order valence-corrected chi connectivity index (χ1v) is 9.63. The fraction of sp³-hybridized carbons (Fsp3) is 0.333. The van der Waals surface area contributed by atoms with Gasteiger partial charge in [-0.1, -0.05) is 6.92 Å². The molecular formula is C21H22N2O3S. The van der Waals surface area contributed by atoms with Crippen molar-refractivity contribution in [3.05, 3.63) is 45.8 Å². The molecule has 0 radical (unpaired) electrons. The summed E-state index contributed by atoms with van der Waals surface area (Å²) in [6.45, 7) is 2.22. The standard InChI is InChI=1S/C21H22N2O3S/c1-13-4-8-16-17(12-22)21(27-19(16)10-13)23-20(24)9-6-14-5-7-15(25-2)11-18(14)26-3/h5-7,9,11,13H,4,8,10H2,1-3H3,(H,23,24)/b9-6+/t13-/m1/s1. The van der Waals surface area contributed by atoms with Crippen molar-refractivity contribution in [2.75, 3.05) is 19.5 Å². The highest BCUT2D eigenvalue weighted by Gasteiger charge is 2.24. The Kier molecular flexibility index (Phi) is 5.82. The summed E-state index contributed by atoms with van der Waals surface area (Å²) in [7, 11) is 3.16. The topological polar surface area (TPSA) is 71.3 Å². The highest BCUT2D eigenvalue weighted by atomic mass is 32.1. The fourth-order valence-corrected chi connectivity index (χ4v) is 4.60. The first-order chi connectivity index (χ1) is 13.0. The molecule has 6 heteroatoms. The number of carbonyl (C=O) groups is 1. The number of ether oxygens (including phenoxy) is 2. The number of hydrogen-bond acceptors (Lipinski definition) is 5. The first kappa shape index (κ1) is 19.0. The van der Waals surface area contributed by atoms with E-state index in [1.807, 2.05) is 12.1 Å². The van der Waals surface area contributed by atoms with Crippen LogP contribution in [-0.4, -0.2) is 20.1 Å². The van der Waals surface area contributed by atoms with Crippen LogP contribution in [0.3, 0.4) is 0 Å². The summed E-state index contributed by atoms with van der Waals surface area (Å²) in [5.41, 5.74) is 2.50. The molecule has 140 valence electrons. The van der Waals surface area contributed by atoms with Gasteiger partial charge < -0.3 is 14.8 Å². The molecule has 5 nitrogen and oxygen atoms in total. The Hall–Kier alpha value is -2.78. The number of fused-ring (bicyclic) bond motifs is 1. The van der Waals surface area contributed by atoms with Gasteiger partial charge in [0.2, 0.25) is 5.91 Å². The van der Waals surface area contributed by atoms with Crippen molar-refractivity contribution >= 4 is 28.3 Å². The van der Waals surface area contributed by atoms with Crippen molar-refractivity contribution < 1.29 is 14.3 Å². The molecule has 1 heterocycles. The largest absolute Gasteiger partial charge is 0.497 e. The van der Waals surface area contributed by atoms with E-state index in [4.69, 9.17) is 9.47 Å². The van der Waals surface area contributed by atoms with Crippen LogP contribution in [0.4, 0.5) is 5.00 Å². The van der Waals surface area contributed by atoms with E-state index in [1.54, 1.807) is 26.4 Å². The molecule has 27 heavy (non-hydrogen) atoms. The Balaban J connectivity index is 1.77. The third kappa shape index (κ3) is 4.15. The molecule has 1 aromatic heterocycles. The van der Waals surface area contributed by atoms with Gasteiger partial charge in [-0.25, -0.2) is 0 Å². The van der Waals surface area contributed by atoms with Crippen LogP contribution >= 0.6 is 11.3 Å². The van der Waals surface area contributed by atoms with Crippen molar-refractivity contribution in [2.45, 2.75) is 26.2 Å². The van der Waals surface area contributed by atoms with Crippen molar-refractivity contribution in [2.24, 2.45) is 5.92 Å². The number of amides is 1. The molecule has 0 fully saturated rings. The van der Waals surface area contributed by atoms with Crippen molar-refractivity contribution in [3.63, 3.8) is 0 Å². The summed E-state index contributed by atoms with van der Waals surface area (Å²) in [4.78, 5) is 13.6. The van der Waals surface area contributed by atoms with E-state index in [2.05, 4.69) is 18.3 Å². The van der Waals surface area contributed by atoms with Crippen molar-refractivity contribution in [1.29, 1.82) is 5.26 Å². The van der Waals surface area contributed by atoms with Gasteiger partial charge in [0, 0.05) is 22.6 Å². The summed E-state index contributed by atoms with van der Waals surface area (Å²) >= 11 is 1.52. The second-order valence-electron chi connectivity index (χ2n) is 6.60. The van der Waals surface area contributed by atoms with Crippen LogP contribution in [0.2, 0.25) is 0 Å². The average Bonchev–Trinajstić information content (AvgIpc) is 3.01. The average molecular weight is 382 g/mol. The van der Waals surface area contributed by atoms with Gasteiger partial charge in [-0.2, -0.15) is 5.26 Å². The number of thiophene rings is 1. The second kappa shape index (κ2) is 8.28. The van der Waals surface area contributed by atoms with E-state index in [-0.39, 0.29) is 5.91 Å². The number of rotatable bonds is 5. The second-order valence-corrected chi connectivity index (χ2v) is 7.70. The Morgan fingerprint density at radius 3 is 2.89 bits per heavy atom. The lowest BCUT2D eigenvalue weighted by atomic mass is 9.89. The number of methoxy groups -OCH3 is 2. The third-order valence-electron chi connectivity index (χ3n) is 4.72. The molecule has 1 amide bonds. The van der Waals surface area contributed by atoms with E-state index >= 15 is 0 Å². The van der Waals surface area contributed by atoms with Crippen LogP contribution in [0.1, 0.15) is 34.9 Å². The van der Waals surface area contributed by atoms with E-state index in [1.165, 1.54) is 22.3 Å². The molecular weight excluding hydrogens is 360 g/mol. The van der Waals surface area contributed by atoms with Gasteiger partial charge in [0.25, 0.3) is 0 Å². The molecule has 0 aliphatic heterocycles. The van der Waals surface area contributed by atoms with E-state index in [9.17, 15) is 10.1 Å². The normalized spacial score (nSPS) is 15.9. The molecule has 1 atom stereocenters. The minimum Gasteiger partial charge on any atom is -0.497 e. The maximum Gasteiger partial charge on any atom is 0.249 e. The van der Waals surface area contributed by atoms with Gasteiger partial charge in [-0.05, 0) is 49.0 Å². The highest BCUT2D eigenvalue weighted by Crippen LogP contribution is 2.39. The van der Waals surface area contributed by atoms with Gasteiger partial charge in [0.1, 0.15) is 22.6 Å². The first-order valence-electron chi connectivity index (χ1n) is 8.81. The van der Waals surface area contributed by atoms with Crippen LogP contribution in [-0.2, 0) is 17.6 Å². The predicted octanol–water partition coefficient (Wildman–Crippen LogP) is 4.41. The minimum atomic E-state index is -0.268. The highest BCUT2D eigenvalue weighted by molar-refractivity contribution is 7.16. The molecule has 2 aromatic rings. The molecule has 0 bridgehead atoms. The van der Waals surface area contributed by atoms with Crippen LogP contribution in [0, 0.1) is 17.2 Å². The van der Waals surface area contributed by atoms with E-state index in [0.29, 0.717) is 28.0 Å². The third-order valence-corrected chi connectivity index (χ3v) is 5.88. The Labute approximate surface area is 163 Å². The lowest BCUT2D eigenvalue weighted by Gasteiger charge is -2.17. The molecule has 0 spiro atoms. The molecule has 0 saturated heterocycles. The summed E-state index contributed by atoms with van der Waals surface area (Å²) in [5, 5.41) is 13.0. The monoisotopic (exact) mass is 382 g/mol. The van der Waals surface area contributed by atoms with Gasteiger partial charge in [-0.3, -0.25) is 4.79 Å². The molecule has 0 saturated carbocycles. The summed E-state index contributed by atoms with van der Waals surface area (Å²) in [5.74, 6) is 1.66. The number of nitrogens with one attached hydrogen (secondary N) is 1. The SMILES string of the molecule is COc1ccc(/C=C/C(=O)Nc2sc3c(c2C#N)CC[C@@H](C)C3)c(OC)c1. The number of hydrogen-bond donors (Lipinski definition) is 1. The zero-order valence-corrected chi connectivity index (χ0v) is 16.5. The van der Waals surface area contributed by atoms with Crippen LogP contribution in [0.15, 0.2) is 24.3 Å². The zero-order valence-electron chi connectivity index (χ0n) is 15.7. The fourth-order valence-electron chi connectivity index (χ4n) is 3.23. The molecule has 1 N–H and O–H groups in total. The molecule has 1 aliphatic carbocycles. The van der Waals surface area contributed by atoms with Crippen LogP contribution < -0.4 is 14.8 Å². The predicted molar refractivity (Wildman–Crippen MR) is 107 cm³/mol. The van der Waals surface area contributed by atoms with Gasteiger partial charge in [-0.15, -0.1) is 11.3 Å². The number of nitriles is 1. The molecule has 1 aliphatic rings. The molecule has 0 unspecified atom stereocenters. The van der Waals surface area contributed by atoms with E-state index in [0.717, 1.165) is 30.4 Å². The Bertz CT molecular complexity index is 924. The van der Waals surface area contributed by atoms with Gasteiger partial charge >= 0.3 is 0 Å². The maximum atomic E-state index is 12.4. The summed E-state index contributed by atoms with van der Waals surface area (Å²) in [6, 6.07) is 7.66. The van der Waals surface area contributed by atoms with Crippen molar-refractivity contribution in [3.8, 4) is 17.6 Å². The number of anilines is 1. The van der Waals surface area contributed by atoms with Crippen molar-refractivity contribution in [1.82, 2.24) is 0 Å². The molecule has 3 rings (SSSR count). The van der Waals surface area contributed by atoms with Gasteiger partial charge in [0.15, 0.2) is 0 Å². The minimum absolute atomic E-state index is 0.268. The van der Waals surface area contributed by atoms with Crippen LogP contribution in [0.5, 0.6) is 11.5 Å². The van der Waals surface area contributed by atoms with Crippen LogP contribution in [0.25, 0.3) is 6.08 Å². The van der Waals surface area contributed by atoms with E-state index < -0.39 is 0 Å². The number of carbonyl (C=O) groups excluding carboxylic acids is 1. The molecule has 1 aromatic carbocycles. The van der Waals surface area contributed by atoms with Gasteiger partial charge in [0.05, 0.1) is 19.8 Å². The lowest BCUT2D eigenvalue weighted by molar-refractivity contribution is -0.111. The summed E-state index contributed by atoms with van der Waals surface area (Å²) < 4.78 is 10.5. The lowest BCUT2D eigenvalue weighted by Crippen LogP contribution is -2.10.